The first-order valence-corrected chi connectivity index (χ1v) is 11.7. The molecule has 5 rings (SSSR count). The number of aliphatic hydroxyl groups is 1. The number of anilines is 2. The highest BCUT2D eigenvalue weighted by Gasteiger charge is 2.27. The molecule has 3 aromatic rings. The van der Waals surface area contributed by atoms with Gasteiger partial charge in [0, 0.05) is 31.7 Å². The number of piperidine rings is 1. The lowest BCUT2D eigenvalue weighted by Crippen LogP contribution is -2.37. The quantitative estimate of drug-likeness (QED) is 0.611. The van der Waals surface area contributed by atoms with Gasteiger partial charge < -0.3 is 15.3 Å². The minimum atomic E-state index is -0.453. The van der Waals surface area contributed by atoms with Gasteiger partial charge in [0.1, 0.15) is 0 Å². The van der Waals surface area contributed by atoms with Crippen LogP contribution in [-0.4, -0.2) is 49.9 Å². The second-order valence-electron chi connectivity index (χ2n) is 9.06. The van der Waals surface area contributed by atoms with E-state index in [4.69, 9.17) is 5.26 Å². The van der Waals surface area contributed by atoms with Crippen LogP contribution in [0.2, 0.25) is 0 Å². The highest BCUT2D eigenvalue weighted by molar-refractivity contribution is 5.77. The molecule has 2 aliphatic rings. The van der Waals surface area contributed by atoms with Crippen LogP contribution in [-0.2, 0) is 0 Å². The van der Waals surface area contributed by atoms with Gasteiger partial charge >= 0.3 is 0 Å². The summed E-state index contributed by atoms with van der Waals surface area (Å²) in [6.45, 7) is 1.09. The predicted molar refractivity (Wildman–Crippen MR) is 123 cm³/mol. The monoisotopic (exact) mass is 449 g/mol. The van der Waals surface area contributed by atoms with Crippen LogP contribution >= 0.6 is 0 Å². The summed E-state index contributed by atoms with van der Waals surface area (Å²) in [4.78, 5) is 11.1. The van der Waals surface area contributed by atoms with Gasteiger partial charge in [-0.1, -0.05) is 6.07 Å². The van der Waals surface area contributed by atoms with Gasteiger partial charge in [-0.05, 0) is 56.6 Å². The Labute approximate surface area is 192 Å². The SMILES string of the molecule is N#CC[C@H]1CC[C@H](Nc2nc(-c3cnn4ccccc34)nc(N3CCC(O)CC3)c2F)CC1. The number of hydrogen-bond acceptors (Lipinski definition) is 7. The van der Waals surface area contributed by atoms with Crippen molar-refractivity contribution in [1.29, 1.82) is 5.26 Å². The molecule has 0 atom stereocenters. The van der Waals surface area contributed by atoms with Gasteiger partial charge in [-0.25, -0.2) is 14.5 Å². The molecule has 0 amide bonds. The molecule has 33 heavy (non-hydrogen) atoms. The predicted octanol–water partition coefficient (Wildman–Crippen LogP) is 3.78. The lowest BCUT2D eigenvalue weighted by molar-refractivity contribution is 0.145. The zero-order valence-electron chi connectivity index (χ0n) is 18.5. The van der Waals surface area contributed by atoms with E-state index in [1.54, 1.807) is 10.7 Å². The molecule has 0 aromatic carbocycles. The van der Waals surface area contributed by atoms with Crippen molar-refractivity contribution in [2.24, 2.45) is 5.92 Å². The summed E-state index contributed by atoms with van der Waals surface area (Å²) in [7, 11) is 0. The number of fused-ring (bicyclic) bond motifs is 1. The molecule has 3 aromatic heterocycles. The molecule has 9 heteroatoms. The van der Waals surface area contributed by atoms with E-state index < -0.39 is 5.82 Å². The summed E-state index contributed by atoms with van der Waals surface area (Å²) in [5.74, 6) is 0.876. The Bertz CT molecular complexity index is 1160. The van der Waals surface area contributed by atoms with Crippen LogP contribution in [0.1, 0.15) is 44.9 Å². The zero-order valence-corrected chi connectivity index (χ0v) is 18.5. The topological polar surface area (TPSA) is 102 Å². The van der Waals surface area contributed by atoms with Crippen LogP contribution in [0.5, 0.6) is 0 Å². The van der Waals surface area contributed by atoms with Crippen molar-refractivity contribution in [3.05, 3.63) is 36.4 Å². The molecular formula is C24H28FN7O. The van der Waals surface area contributed by atoms with Gasteiger partial charge in [0.05, 0.1) is 29.5 Å². The van der Waals surface area contributed by atoms with Crippen molar-refractivity contribution in [2.75, 3.05) is 23.3 Å². The van der Waals surface area contributed by atoms with E-state index in [0.717, 1.165) is 36.8 Å². The summed E-state index contributed by atoms with van der Waals surface area (Å²) in [5, 5.41) is 26.6. The second-order valence-corrected chi connectivity index (χ2v) is 9.06. The molecule has 0 bridgehead atoms. The van der Waals surface area contributed by atoms with Gasteiger partial charge in [-0.3, -0.25) is 0 Å². The van der Waals surface area contributed by atoms with Crippen molar-refractivity contribution in [3.63, 3.8) is 0 Å². The molecular weight excluding hydrogens is 421 g/mol. The fourth-order valence-corrected chi connectivity index (χ4v) is 4.88. The Morgan fingerprint density at radius 2 is 1.91 bits per heavy atom. The summed E-state index contributed by atoms with van der Waals surface area (Å²) in [6, 6.07) is 8.14. The lowest BCUT2D eigenvalue weighted by atomic mass is 9.84. The molecule has 0 unspecified atom stereocenters. The van der Waals surface area contributed by atoms with Gasteiger partial charge in [-0.2, -0.15) is 14.8 Å². The van der Waals surface area contributed by atoms with Crippen molar-refractivity contribution < 1.29 is 9.50 Å². The van der Waals surface area contributed by atoms with Gasteiger partial charge in [-0.15, -0.1) is 0 Å². The molecule has 4 heterocycles. The third-order valence-electron chi connectivity index (χ3n) is 6.83. The third kappa shape index (κ3) is 4.48. The van der Waals surface area contributed by atoms with Crippen molar-refractivity contribution in [2.45, 2.75) is 57.1 Å². The number of nitrogens with one attached hydrogen (secondary N) is 1. The van der Waals surface area contributed by atoms with E-state index in [0.29, 0.717) is 44.1 Å². The molecule has 2 fully saturated rings. The first-order chi connectivity index (χ1) is 16.1. The smallest absolute Gasteiger partial charge is 0.207 e. The van der Waals surface area contributed by atoms with E-state index in [9.17, 15) is 5.11 Å². The minimum Gasteiger partial charge on any atom is -0.393 e. The Morgan fingerprint density at radius 1 is 1.12 bits per heavy atom. The second kappa shape index (κ2) is 9.32. The van der Waals surface area contributed by atoms with Gasteiger partial charge in [0.2, 0.25) is 5.82 Å². The molecule has 1 aliphatic heterocycles. The van der Waals surface area contributed by atoms with Crippen LogP contribution in [0.15, 0.2) is 30.6 Å². The van der Waals surface area contributed by atoms with Crippen LogP contribution in [0.25, 0.3) is 16.9 Å². The first-order valence-electron chi connectivity index (χ1n) is 11.7. The van der Waals surface area contributed by atoms with E-state index >= 15 is 4.39 Å². The largest absolute Gasteiger partial charge is 0.393 e. The fourth-order valence-electron chi connectivity index (χ4n) is 4.88. The number of halogens is 1. The highest BCUT2D eigenvalue weighted by atomic mass is 19.1. The Morgan fingerprint density at radius 3 is 2.67 bits per heavy atom. The fraction of sp³-hybridized carbons (Fsp3) is 0.500. The van der Waals surface area contributed by atoms with E-state index in [1.165, 1.54) is 0 Å². The number of aliphatic hydroxyl groups excluding tert-OH is 1. The third-order valence-corrected chi connectivity index (χ3v) is 6.83. The minimum absolute atomic E-state index is 0.108. The highest BCUT2D eigenvalue weighted by Crippen LogP contribution is 2.33. The number of hydrogen-bond donors (Lipinski definition) is 2. The number of aromatic nitrogens is 4. The lowest BCUT2D eigenvalue weighted by Gasteiger charge is -2.32. The molecule has 172 valence electrons. The Hall–Kier alpha value is -3.25. The van der Waals surface area contributed by atoms with Crippen LogP contribution in [0.4, 0.5) is 16.0 Å². The summed E-state index contributed by atoms with van der Waals surface area (Å²) >= 11 is 0. The molecule has 1 saturated carbocycles. The maximum absolute atomic E-state index is 15.7. The molecule has 1 saturated heterocycles. The van der Waals surface area contributed by atoms with Crippen LogP contribution < -0.4 is 10.2 Å². The summed E-state index contributed by atoms with van der Waals surface area (Å²) < 4.78 is 17.4. The molecule has 0 spiro atoms. The number of pyridine rings is 1. The van der Waals surface area contributed by atoms with Crippen molar-refractivity contribution in [1.82, 2.24) is 19.6 Å². The average molecular weight is 450 g/mol. The van der Waals surface area contributed by atoms with Crippen LogP contribution in [0.3, 0.4) is 0 Å². The normalized spacial score (nSPS) is 21.8. The molecule has 8 nitrogen and oxygen atoms in total. The molecule has 0 radical (unpaired) electrons. The maximum Gasteiger partial charge on any atom is 0.207 e. The van der Waals surface area contributed by atoms with E-state index in [1.807, 2.05) is 29.3 Å². The van der Waals surface area contributed by atoms with E-state index in [2.05, 4.69) is 26.5 Å². The van der Waals surface area contributed by atoms with Crippen LogP contribution in [0, 0.1) is 23.1 Å². The zero-order chi connectivity index (χ0) is 22.8. The van der Waals surface area contributed by atoms with Crippen molar-refractivity contribution >= 4 is 17.2 Å². The van der Waals surface area contributed by atoms with Gasteiger partial charge in [0.25, 0.3) is 0 Å². The molecule has 2 N–H and O–H groups in total. The van der Waals surface area contributed by atoms with Crippen molar-refractivity contribution in [3.8, 4) is 17.5 Å². The average Bonchev–Trinajstić information content (AvgIpc) is 3.27. The van der Waals surface area contributed by atoms with Gasteiger partial charge in [0.15, 0.2) is 17.5 Å². The number of rotatable bonds is 5. The number of nitriles is 1. The summed E-state index contributed by atoms with van der Waals surface area (Å²) in [6.07, 6.45) is 8.63. The summed E-state index contributed by atoms with van der Waals surface area (Å²) in [5.41, 5.74) is 1.60. The van der Waals surface area contributed by atoms with E-state index in [-0.39, 0.29) is 23.8 Å². The standard InChI is InChI=1S/C24H28FN7O/c25-21-23(28-17-6-4-16(5-7-17)8-11-26)29-22(19-15-27-32-12-2-1-3-20(19)32)30-24(21)31-13-9-18(33)10-14-31/h1-3,12,15-18,33H,4-10,13-14H2,(H,28,29,30)/t16-,17-. The number of nitrogens with zero attached hydrogens (tertiary/aromatic N) is 6. The maximum atomic E-state index is 15.7. The molecule has 1 aliphatic carbocycles. The first kappa shape index (κ1) is 21.6. The Balaban J connectivity index is 1.49. The Kier molecular flexibility index (Phi) is 6.09.